The highest BCUT2D eigenvalue weighted by Crippen LogP contribution is 2.39. The number of nitrogens with zero attached hydrogens (tertiary/aromatic N) is 4. The molecule has 1 aliphatic rings. The highest BCUT2D eigenvalue weighted by molar-refractivity contribution is 5.90. The zero-order valence-electron chi connectivity index (χ0n) is 21.6. The van der Waals surface area contributed by atoms with Gasteiger partial charge in [-0.2, -0.15) is 5.10 Å². The predicted octanol–water partition coefficient (Wildman–Crippen LogP) is 6.95. The lowest BCUT2D eigenvalue weighted by Crippen LogP contribution is -2.38. The summed E-state index contributed by atoms with van der Waals surface area (Å²) in [5.41, 5.74) is 5.44. The van der Waals surface area contributed by atoms with E-state index in [1.807, 2.05) is 72.4 Å². The van der Waals surface area contributed by atoms with E-state index in [4.69, 9.17) is 5.10 Å². The van der Waals surface area contributed by atoms with Crippen LogP contribution in [0.2, 0.25) is 0 Å². The molecule has 0 saturated carbocycles. The Labute approximate surface area is 225 Å². The number of rotatable bonds is 4. The number of urea groups is 1. The van der Waals surface area contributed by atoms with Crippen molar-refractivity contribution in [2.75, 3.05) is 5.32 Å². The third-order valence-electron chi connectivity index (χ3n) is 7.22. The fourth-order valence-corrected chi connectivity index (χ4v) is 5.21. The minimum absolute atomic E-state index is 0.0852. The van der Waals surface area contributed by atoms with Crippen molar-refractivity contribution in [1.82, 2.24) is 19.2 Å². The summed E-state index contributed by atoms with van der Waals surface area (Å²) in [7, 11) is 0. The van der Waals surface area contributed by atoms with Crippen molar-refractivity contribution in [3.8, 4) is 11.5 Å². The van der Waals surface area contributed by atoms with Gasteiger partial charge in [0.1, 0.15) is 17.5 Å². The highest BCUT2D eigenvalue weighted by atomic mass is 19.1. The Hall–Kier alpha value is -4.72. The van der Waals surface area contributed by atoms with Crippen LogP contribution in [-0.4, -0.2) is 25.3 Å². The number of halogens is 2. The molecule has 3 heterocycles. The lowest BCUT2D eigenvalue weighted by molar-refractivity contribution is 0.194. The average molecular weight is 524 g/mol. The van der Waals surface area contributed by atoms with Crippen molar-refractivity contribution in [2.24, 2.45) is 0 Å². The first-order valence-corrected chi connectivity index (χ1v) is 12.9. The minimum atomic E-state index is -0.834. The number of para-hydroxylation sites is 1. The molecule has 1 unspecified atom stereocenters. The number of carbonyl (C=O) groups excluding carboxylic acids is 1. The van der Waals surface area contributed by atoms with E-state index in [-0.39, 0.29) is 12.2 Å². The zero-order chi connectivity index (χ0) is 27.1. The number of anilines is 1. The Morgan fingerprint density at radius 1 is 1.00 bits per heavy atom. The van der Waals surface area contributed by atoms with Crippen LogP contribution in [0.25, 0.3) is 11.5 Å². The summed E-state index contributed by atoms with van der Waals surface area (Å²) < 4.78 is 32.1. The summed E-state index contributed by atoms with van der Waals surface area (Å²) in [5.74, 6) is -0.697. The summed E-state index contributed by atoms with van der Waals surface area (Å²) >= 11 is 0. The Morgan fingerprint density at radius 3 is 2.49 bits per heavy atom. The van der Waals surface area contributed by atoms with Gasteiger partial charge in [-0.25, -0.2) is 18.3 Å². The van der Waals surface area contributed by atoms with Gasteiger partial charge in [-0.15, -0.1) is 0 Å². The molecule has 0 saturated heterocycles. The van der Waals surface area contributed by atoms with Crippen molar-refractivity contribution < 1.29 is 13.6 Å². The van der Waals surface area contributed by atoms with Crippen molar-refractivity contribution >= 4 is 11.7 Å². The molecule has 0 aliphatic carbocycles. The summed E-state index contributed by atoms with van der Waals surface area (Å²) in [6.45, 7) is 4.25. The standard InChI is InChI=1S/C31H27F2N5O/c1-3-21-11-13-22(14-12-21)29-28-10-7-17-36(28)30-25(20(2)35-38(30)24-8-5-4-6-9-24)19-37(29)31(39)34-27-16-15-23(32)18-26(27)33/h4-18,29H,3,19H2,1-2H3,(H,34,39). The Balaban J connectivity index is 1.52. The molecule has 6 rings (SSSR count). The number of hydrogen-bond donors (Lipinski definition) is 1. The van der Waals surface area contributed by atoms with Gasteiger partial charge < -0.3 is 14.8 Å². The molecule has 0 bridgehead atoms. The third kappa shape index (κ3) is 4.37. The molecule has 5 aromatic rings. The first-order chi connectivity index (χ1) is 18.9. The maximum absolute atomic E-state index is 14.6. The molecular formula is C31H27F2N5O. The smallest absolute Gasteiger partial charge is 0.307 e. The summed E-state index contributed by atoms with van der Waals surface area (Å²) in [6, 6.07) is 24.1. The summed E-state index contributed by atoms with van der Waals surface area (Å²) in [4.78, 5) is 15.6. The molecule has 0 fully saturated rings. The number of aromatic nitrogens is 3. The molecule has 0 radical (unpaired) electrons. The van der Waals surface area contributed by atoms with Crippen LogP contribution in [0.15, 0.2) is 91.1 Å². The Morgan fingerprint density at radius 2 is 1.77 bits per heavy atom. The van der Waals surface area contributed by atoms with Gasteiger partial charge in [0.05, 0.1) is 35.3 Å². The zero-order valence-corrected chi connectivity index (χ0v) is 21.6. The molecule has 0 spiro atoms. The second-order valence-corrected chi connectivity index (χ2v) is 9.62. The number of fused-ring (bicyclic) bond motifs is 3. The number of nitrogens with one attached hydrogen (secondary N) is 1. The van der Waals surface area contributed by atoms with Gasteiger partial charge in [0.2, 0.25) is 0 Å². The first-order valence-electron chi connectivity index (χ1n) is 12.9. The number of aryl methyl sites for hydroxylation is 2. The van der Waals surface area contributed by atoms with Crippen LogP contribution < -0.4 is 5.32 Å². The molecule has 6 nitrogen and oxygen atoms in total. The normalized spacial score (nSPS) is 14.5. The topological polar surface area (TPSA) is 55.1 Å². The lowest BCUT2D eigenvalue weighted by atomic mass is 9.99. The van der Waals surface area contributed by atoms with Gasteiger partial charge in [0.15, 0.2) is 0 Å². The molecule has 1 atom stereocenters. The maximum Gasteiger partial charge on any atom is 0.323 e. The van der Waals surface area contributed by atoms with Gasteiger partial charge in [-0.05, 0) is 60.9 Å². The summed E-state index contributed by atoms with van der Waals surface area (Å²) in [6.07, 6.45) is 2.87. The van der Waals surface area contributed by atoms with Crippen LogP contribution in [0, 0.1) is 18.6 Å². The van der Waals surface area contributed by atoms with Crippen LogP contribution in [0.1, 0.15) is 41.0 Å². The SMILES string of the molecule is CCc1ccc(C2c3cccn3-c3c(c(C)nn3-c3ccccc3)CN2C(=O)Nc2ccc(F)cc2F)cc1. The van der Waals surface area contributed by atoms with Gasteiger partial charge in [-0.1, -0.05) is 49.4 Å². The molecule has 39 heavy (non-hydrogen) atoms. The Kier molecular flexibility index (Phi) is 6.23. The van der Waals surface area contributed by atoms with E-state index in [1.165, 1.54) is 11.6 Å². The number of amides is 2. The fourth-order valence-electron chi connectivity index (χ4n) is 5.21. The van der Waals surface area contributed by atoms with E-state index in [1.54, 1.807) is 4.90 Å². The molecular weight excluding hydrogens is 496 g/mol. The van der Waals surface area contributed by atoms with E-state index >= 15 is 0 Å². The molecule has 2 aromatic heterocycles. The van der Waals surface area contributed by atoms with E-state index in [9.17, 15) is 13.6 Å². The number of benzene rings is 3. The van der Waals surface area contributed by atoms with E-state index in [0.29, 0.717) is 0 Å². The fraction of sp³-hybridized carbons (Fsp3) is 0.161. The molecule has 1 N–H and O–H groups in total. The van der Waals surface area contributed by atoms with Gasteiger partial charge >= 0.3 is 6.03 Å². The van der Waals surface area contributed by atoms with Crippen molar-refractivity contribution in [3.05, 3.63) is 131 Å². The predicted molar refractivity (Wildman–Crippen MR) is 146 cm³/mol. The van der Waals surface area contributed by atoms with Crippen LogP contribution >= 0.6 is 0 Å². The summed E-state index contributed by atoms with van der Waals surface area (Å²) in [5, 5.41) is 7.52. The molecule has 1 aliphatic heterocycles. The molecule has 2 amide bonds. The lowest BCUT2D eigenvalue weighted by Gasteiger charge is -2.31. The van der Waals surface area contributed by atoms with Gasteiger partial charge in [0.25, 0.3) is 0 Å². The van der Waals surface area contributed by atoms with E-state index in [2.05, 4.69) is 28.9 Å². The van der Waals surface area contributed by atoms with Crippen molar-refractivity contribution in [3.63, 3.8) is 0 Å². The number of carbonyl (C=O) groups is 1. The highest BCUT2D eigenvalue weighted by Gasteiger charge is 2.36. The quantitative estimate of drug-likeness (QED) is 0.277. The largest absolute Gasteiger partial charge is 0.323 e. The van der Waals surface area contributed by atoms with Crippen LogP contribution in [0.4, 0.5) is 19.3 Å². The van der Waals surface area contributed by atoms with Crippen molar-refractivity contribution in [1.29, 1.82) is 0 Å². The minimum Gasteiger partial charge on any atom is -0.307 e. The second kappa shape index (κ2) is 9.87. The van der Waals surface area contributed by atoms with Crippen molar-refractivity contribution in [2.45, 2.75) is 32.9 Å². The van der Waals surface area contributed by atoms with Gasteiger partial charge in [-0.3, -0.25) is 0 Å². The van der Waals surface area contributed by atoms with Gasteiger partial charge in [0, 0.05) is 17.8 Å². The molecule has 196 valence electrons. The maximum atomic E-state index is 14.6. The molecule has 3 aromatic carbocycles. The van der Waals surface area contributed by atoms with Crippen LogP contribution in [0.5, 0.6) is 0 Å². The molecule has 8 heteroatoms. The third-order valence-corrected chi connectivity index (χ3v) is 7.22. The van der Waals surface area contributed by atoms with Crippen LogP contribution in [0.3, 0.4) is 0 Å². The average Bonchev–Trinajstić information content (AvgIpc) is 3.51. The monoisotopic (exact) mass is 523 g/mol. The van der Waals surface area contributed by atoms with E-state index < -0.39 is 23.7 Å². The second-order valence-electron chi connectivity index (χ2n) is 9.62. The number of hydrogen-bond acceptors (Lipinski definition) is 2. The van der Waals surface area contributed by atoms with Crippen LogP contribution in [-0.2, 0) is 13.0 Å². The Bertz CT molecular complexity index is 1660. The first kappa shape index (κ1) is 24.6. The van der Waals surface area contributed by atoms with E-state index in [0.717, 1.165) is 52.6 Å².